The van der Waals surface area contributed by atoms with E-state index in [0.29, 0.717) is 6.10 Å². The van der Waals surface area contributed by atoms with Crippen molar-refractivity contribution in [2.45, 2.75) is 51.8 Å². The topological polar surface area (TPSA) is 31.5 Å². The molecule has 2 aliphatic heterocycles. The van der Waals surface area contributed by atoms with Gasteiger partial charge in [-0.2, -0.15) is 0 Å². The van der Waals surface area contributed by atoms with Crippen molar-refractivity contribution in [2.75, 3.05) is 32.8 Å². The van der Waals surface area contributed by atoms with Crippen molar-refractivity contribution in [3.05, 3.63) is 35.5 Å². The number of hydrogen-bond donors (Lipinski definition) is 1. The summed E-state index contributed by atoms with van der Waals surface area (Å²) in [7, 11) is 0. The average molecular weight is 341 g/mol. The summed E-state index contributed by atoms with van der Waals surface area (Å²) in [5.41, 5.74) is 4.03. The van der Waals surface area contributed by atoms with E-state index in [0.717, 1.165) is 39.2 Å². The van der Waals surface area contributed by atoms with Crippen LogP contribution >= 0.6 is 0 Å². The number of aromatic nitrogens is 1. The van der Waals surface area contributed by atoms with Crippen LogP contribution in [-0.2, 0) is 17.8 Å². The van der Waals surface area contributed by atoms with Crippen LogP contribution in [-0.4, -0.2) is 53.7 Å². The van der Waals surface area contributed by atoms with Crippen LogP contribution in [0.5, 0.6) is 0 Å². The molecule has 3 heterocycles. The van der Waals surface area contributed by atoms with Crippen LogP contribution in [0.2, 0.25) is 0 Å². The highest BCUT2D eigenvalue weighted by Crippen LogP contribution is 2.22. The summed E-state index contributed by atoms with van der Waals surface area (Å²) in [6, 6.07) is 9.23. The van der Waals surface area contributed by atoms with E-state index in [2.05, 4.69) is 46.0 Å². The Morgan fingerprint density at radius 1 is 1.08 bits per heavy atom. The molecular weight excluding hydrogens is 310 g/mol. The highest BCUT2D eigenvalue weighted by molar-refractivity contribution is 5.81. The van der Waals surface area contributed by atoms with E-state index in [1.54, 1.807) is 0 Å². The van der Waals surface area contributed by atoms with E-state index >= 15 is 0 Å². The Balaban J connectivity index is 1.37. The van der Waals surface area contributed by atoms with Gasteiger partial charge < -0.3 is 9.72 Å². The number of ether oxygens (including phenoxy) is 1. The van der Waals surface area contributed by atoms with Crippen LogP contribution in [0.25, 0.3) is 10.9 Å². The van der Waals surface area contributed by atoms with Crippen molar-refractivity contribution in [3.63, 3.8) is 0 Å². The van der Waals surface area contributed by atoms with Crippen molar-refractivity contribution < 1.29 is 4.74 Å². The number of aromatic amines is 1. The quantitative estimate of drug-likeness (QED) is 0.832. The fourth-order valence-electron chi connectivity index (χ4n) is 4.23. The minimum absolute atomic E-state index is 0.433. The van der Waals surface area contributed by atoms with E-state index in [-0.39, 0.29) is 0 Å². The van der Waals surface area contributed by atoms with Crippen molar-refractivity contribution in [1.29, 1.82) is 0 Å². The van der Waals surface area contributed by atoms with Crippen LogP contribution in [0, 0.1) is 0 Å². The third-order valence-electron chi connectivity index (χ3n) is 5.53. The summed E-state index contributed by atoms with van der Waals surface area (Å²) in [6.07, 6.45) is 5.42. The van der Waals surface area contributed by atoms with Crippen molar-refractivity contribution in [1.82, 2.24) is 14.8 Å². The number of nitrogens with one attached hydrogen (secondary N) is 1. The summed E-state index contributed by atoms with van der Waals surface area (Å²) in [5.74, 6) is 0. The highest BCUT2D eigenvalue weighted by atomic mass is 16.5. The van der Waals surface area contributed by atoms with E-state index in [1.165, 1.54) is 54.5 Å². The molecule has 0 bridgehead atoms. The first kappa shape index (κ1) is 17.1. The lowest BCUT2D eigenvalue weighted by atomic mass is 10.1. The fraction of sp³-hybridized carbons (Fsp3) is 0.619. The van der Waals surface area contributed by atoms with E-state index in [9.17, 15) is 0 Å². The van der Waals surface area contributed by atoms with E-state index < -0.39 is 0 Å². The van der Waals surface area contributed by atoms with Crippen LogP contribution in [0.3, 0.4) is 0 Å². The maximum atomic E-state index is 5.91. The van der Waals surface area contributed by atoms with Gasteiger partial charge in [0.25, 0.3) is 0 Å². The first-order valence-electron chi connectivity index (χ1n) is 9.97. The summed E-state index contributed by atoms with van der Waals surface area (Å²) in [5, 5.41) is 1.35. The van der Waals surface area contributed by atoms with Gasteiger partial charge in [-0.05, 0) is 62.5 Å². The Kier molecular flexibility index (Phi) is 5.39. The number of nitrogens with zero attached hydrogens (tertiary/aromatic N) is 2. The smallest absolute Gasteiger partial charge is 0.0714 e. The molecule has 4 rings (SSSR count). The lowest BCUT2D eigenvalue weighted by Crippen LogP contribution is -2.23. The molecule has 2 aliphatic rings. The third kappa shape index (κ3) is 4.25. The molecular formula is C21H31N3O. The molecule has 1 atom stereocenters. The SMILES string of the molecule is CCCO[C@H]1CCN(Cc2ccc3[nH]c(CN4CCCC4)cc3c2)C1. The zero-order chi connectivity index (χ0) is 17.1. The number of likely N-dealkylation sites (tertiary alicyclic amines) is 2. The fourth-order valence-corrected chi connectivity index (χ4v) is 4.23. The molecule has 136 valence electrons. The van der Waals surface area contributed by atoms with E-state index in [4.69, 9.17) is 4.74 Å². The Labute approximate surface area is 151 Å². The van der Waals surface area contributed by atoms with E-state index in [1.807, 2.05) is 0 Å². The summed E-state index contributed by atoms with van der Waals surface area (Å²) in [4.78, 5) is 8.67. The molecule has 4 heteroatoms. The molecule has 1 N–H and O–H groups in total. The van der Waals surface area contributed by atoms with Crippen molar-refractivity contribution >= 4 is 10.9 Å². The number of fused-ring (bicyclic) bond motifs is 1. The number of rotatable bonds is 7. The van der Waals surface area contributed by atoms with Gasteiger partial charge in [-0.1, -0.05) is 13.0 Å². The van der Waals surface area contributed by atoms with Gasteiger partial charge >= 0.3 is 0 Å². The Hall–Kier alpha value is -1.36. The van der Waals surface area contributed by atoms with Crippen LogP contribution in [0.15, 0.2) is 24.3 Å². The average Bonchev–Trinajstić information content (AvgIpc) is 3.34. The maximum Gasteiger partial charge on any atom is 0.0714 e. The van der Waals surface area contributed by atoms with Crippen LogP contribution < -0.4 is 0 Å². The van der Waals surface area contributed by atoms with Crippen LogP contribution in [0.1, 0.15) is 43.9 Å². The van der Waals surface area contributed by atoms with Gasteiger partial charge in [0.15, 0.2) is 0 Å². The molecule has 0 saturated carbocycles. The molecule has 1 aromatic carbocycles. The molecule has 1 aromatic heterocycles. The summed E-state index contributed by atoms with van der Waals surface area (Å²) < 4.78 is 5.91. The van der Waals surface area contributed by atoms with Crippen molar-refractivity contribution in [2.24, 2.45) is 0 Å². The zero-order valence-electron chi connectivity index (χ0n) is 15.5. The number of H-pyrrole nitrogens is 1. The Morgan fingerprint density at radius 3 is 2.80 bits per heavy atom. The summed E-state index contributed by atoms with van der Waals surface area (Å²) in [6.45, 7) is 9.89. The first-order chi connectivity index (χ1) is 12.3. The molecule has 0 amide bonds. The monoisotopic (exact) mass is 341 g/mol. The van der Waals surface area contributed by atoms with Gasteiger partial charge in [0.1, 0.15) is 0 Å². The Morgan fingerprint density at radius 2 is 1.96 bits per heavy atom. The van der Waals surface area contributed by atoms with Gasteiger partial charge in [0, 0.05) is 49.4 Å². The molecule has 25 heavy (non-hydrogen) atoms. The minimum atomic E-state index is 0.433. The second-order valence-corrected chi connectivity index (χ2v) is 7.72. The van der Waals surface area contributed by atoms with Gasteiger partial charge in [-0.3, -0.25) is 9.80 Å². The normalized spacial score (nSPS) is 22.4. The standard InChI is InChI=1S/C21H31N3O/c1-2-11-25-20-7-10-24(16-20)14-17-5-6-21-18(12-17)13-19(22-21)15-23-8-3-4-9-23/h5-6,12-13,20,22H,2-4,7-11,14-16H2,1H3/t20-/m0/s1. The molecule has 0 radical (unpaired) electrons. The van der Waals surface area contributed by atoms with Crippen molar-refractivity contribution in [3.8, 4) is 0 Å². The molecule has 0 spiro atoms. The second-order valence-electron chi connectivity index (χ2n) is 7.72. The maximum absolute atomic E-state index is 5.91. The molecule has 2 aromatic rings. The van der Waals surface area contributed by atoms with Gasteiger partial charge in [0.05, 0.1) is 6.10 Å². The molecule has 0 aliphatic carbocycles. The van der Waals surface area contributed by atoms with Gasteiger partial charge in [-0.25, -0.2) is 0 Å². The molecule has 2 saturated heterocycles. The first-order valence-corrected chi connectivity index (χ1v) is 9.97. The largest absolute Gasteiger partial charge is 0.377 e. The predicted molar refractivity (Wildman–Crippen MR) is 103 cm³/mol. The molecule has 0 unspecified atom stereocenters. The second kappa shape index (κ2) is 7.90. The molecule has 2 fully saturated rings. The van der Waals surface area contributed by atoms with Gasteiger partial charge in [-0.15, -0.1) is 0 Å². The number of benzene rings is 1. The number of hydrogen-bond acceptors (Lipinski definition) is 3. The van der Waals surface area contributed by atoms with Gasteiger partial charge in [0.2, 0.25) is 0 Å². The zero-order valence-corrected chi connectivity index (χ0v) is 15.5. The summed E-state index contributed by atoms with van der Waals surface area (Å²) >= 11 is 0. The lowest BCUT2D eigenvalue weighted by Gasteiger charge is -2.16. The minimum Gasteiger partial charge on any atom is -0.377 e. The Bertz CT molecular complexity index is 690. The highest BCUT2D eigenvalue weighted by Gasteiger charge is 2.22. The molecule has 4 nitrogen and oxygen atoms in total. The van der Waals surface area contributed by atoms with Crippen LogP contribution in [0.4, 0.5) is 0 Å². The lowest BCUT2D eigenvalue weighted by molar-refractivity contribution is 0.0590. The third-order valence-corrected chi connectivity index (χ3v) is 5.53. The predicted octanol–water partition coefficient (Wildman–Crippen LogP) is 3.76.